The number of ketones is 2. The van der Waals surface area contributed by atoms with E-state index in [4.69, 9.17) is 23.2 Å². The van der Waals surface area contributed by atoms with Gasteiger partial charge in [0.25, 0.3) is 5.88 Å². The number of rotatable bonds is 11. The minimum atomic E-state index is -2.77. The molecule has 0 amide bonds. The first-order valence-corrected chi connectivity index (χ1v) is 23.1. The highest BCUT2D eigenvalue weighted by Gasteiger charge is 2.66. The molecule has 4 aliphatic carbocycles. The maximum atomic E-state index is 15.6. The number of carbonyl (C=O) groups excluding carboxylic acids is 2. The van der Waals surface area contributed by atoms with Gasteiger partial charge in [-0.2, -0.15) is 0 Å². The second-order valence-electron chi connectivity index (χ2n) is 18.4. The van der Waals surface area contributed by atoms with Crippen LogP contribution in [0.1, 0.15) is 143 Å². The van der Waals surface area contributed by atoms with Gasteiger partial charge in [0.05, 0.1) is 42.8 Å². The molecule has 0 saturated heterocycles. The van der Waals surface area contributed by atoms with Gasteiger partial charge in [-0.25, -0.2) is 0 Å². The van der Waals surface area contributed by atoms with Crippen molar-refractivity contribution in [2.45, 2.75) is 142 Å². The first-order chi connectivity index (χ1) is 25.8. The Morgan fingerprint density at radius 1 is 1.02 bits per heavy atom. The molecule has 0 saturated carbocycles. The molecule has 0 bridgehead atoms. The zero-order valence-corrected chi connectivity index (χ0v) is 35.6. The van der Waals surface area contributed by atoms with Crippen molar-refractivity contribution >= 4 is 30.7 Å². The number of ether oxygens (including phenoxy) is 3. The minimum Gasteiger partial charge on any atom is -0.506 e. The van der Waals surface area contributed by atoms with Crippen LogP contribution < -0.4 is 14.2 Å². The number of Topliss-reactive ketones (excluding diaryl/α,β-unsaturated/α-hetero) is 2. The predicted octanol–water partition coefficient (Wildman–Crippen LogP) is 9.51. The number of nitrogens with zero attached hydrogens (tertiary/aromatic N) is 1. The van der Waals surface area contributed by atoms with Crippen LogP contribution in [0.15, 0.2) is 22.2 Å². The summed E-state index contributed by atoms with van der Waals surface area (Å²) in [6, 6.07) is 1.83. The van der Waals surface area contributed by atoms with Crippen LogP contribution in [0.4, 0.5) is 0 Å². The summed E-state index contributed by atoms with van der Waals surface area (Å²) >= 11 is 0. The number of aromatic hydroxyl groups is 1. The molecule has 4 atom stereocenters. The second kappa shape index (κ2) is 13.5. The lowest BCUT2D eigenvalue weighted by Gasteiger charge is -2.50. The van der Waals surface area contributed by atoms with E-state index in [2.05, 4.69) is 66.6 Å². The number of phenols is 1. The van der Waals surface area contributed by atoms with Crippen molar-refractivity contribution in [2.24, 2.45) is 11.3 Å². The van der Waals surface area contributed by atoms with E-state index >= 15 is 9.59 Å². The fourth-order valence-electron chi connectivity index (χ4n) is 9.67. The summed E-state index contributed by atoms with van der Waals surface area (Å²) in [5.41, 5.74) is -0.228. The smallest absolute Gasteiger partial charge is 0.260 e. The monoisotopic (exact) mass is 773 g/mol. The molecule has 2 N–H and O–H groups in total. The average Bonchev–Trinajstić information content (AvgIpc) is 3.69. The van der Waals surface area contributed by atoms with Gasteiger partial charge < -0.3 is 33.4 Å². The highest BCUT2D eigenvalue weighted by Crippen LogP contribution is 2.66. The first kappa shape index (κ1) is 39.6. The summed E-state index contributed by atoms with van der Waals surface area (Å²) in [4.78, 5) is 31.0. The van der Waals surface area contributed by atoms with E-state index in [1.165, 1.54) is 0 Å². The highest BCUT2D eigenvalue weighted by atomic mass is 28.4. The van der Waals surface area contributed by atoms with Crippen LogP contribution in [0.3, 0.4) is 0 Å². The van der Waals surface area contributed by atoms with E-state index in [0.717, 1.165) is 49.7 Å². The molecule has 1 spiro atoms. The van der Waals surface area contributed by atoms with Gasteiger partial charge in [-0.15, -0.1) is 0 Å². The van der Waals surface area contributed by atoms with Gasteiger partial charge >= 0.3 is 0 Å². The number of hydrogen-bond donors (Lipinski definition) is 2. The van der Waals surface area contributed by atoms with Gasteiger partial charge in [0.15, 0.2) is 19.7 Å². The Labute approximate surface area is 326 Å². The van der Waals surface area contributed by atoms with E-state index in [-0.39, 0.29) is 39.6 Å². The van der Waals surface area contributed by atoms with E-state index < -0.39 is 42.9 Å². The molecule has 55 heavy (non-hydrogen) atoms. The van der Waals surface area contributed by atoms with Crippen LogP contribution in [0.25, 0.3) is 10.8 Å². The van der Waals surface area contributed by atoms with Gasteiger partial charge in [0.2, 0.25) is 5.78 Å². The van der Waals surface area contributed by atoms with E-state index in [0.29, 0.717) is 58.8 Å². The van der Waals surface area contributed by atoms with Crippen molar-refractivity contribution in [3.63, 3.8) is 0 Å². The molecule has 298 valence electrons. The third-order valence-electron chi connectivity index (χ3n) is 13.9. The van der Waals surface area contributed by atoms with Crippen molar-refractivity contribution in [1.29, 1.82) is 0 Å². The number of hydrogen-bond acceptors (Lipinski definition) is 10. The van der Waals surface area contributed by atoms with E-state index in [1.807, 2.05) is 19.2 Å². The van der Waals surface area contributed by atoms with Crippen molar-refractivity contribution in [3.8, 4) is 23.1 Å². The number of aliphatic hydroxyl groups is 1. The summed E-state index contributed by atoms with van der Waals surface area (Å²) in [6.07, 6.45) is 6.40. The number of carbonyl (C=O) groups is 2. The number of phenolic OH excluding ortho intramolecular Hbond substituents is 1. The summed E-state index contributed by atoms with van der Waals surface area (Å²) in [5, 5.41) is 30.9. The van der Waals surface area contributed by atoms with Crippen LogP contribution >= 0.6 is 0 Å². The Morgan fingerprint density at radius 2 is 1.69 bits per heavy atom. The third kappa shape index (κ3) is 5.49. The lowest BCUT2D eigenvalue weighted by Crippen LogP contribution is -2.62. The molecule has 1 heterocycles. The molecule has 0 radical (unpaired) electrons. The number of unbranched alkanes of at least 4 members (excludes halogenated alkanes) is 2. The Kier molecular flexibility index (Phi) is 9.69. The fraction of sp³-hybridized carbons (Fsp3) is 0.614. The Bertz CT molecular complexity index is 2110. The summed E-state index contributed by atoms with van der Waals surface area (Å²) in [7, 11) is -1.13. The van der Waals surface area contributed by atoms with Crippen molar-refractivity contribution in [1.82, 2.24) is 5.16 Å². The largest absolute Gasteiger partial charge is 0.506 e. The summed E-state index contributed by atoms with van der Waals surface area (Å²) in [6.45, 7) is 21.8. The Balaban J connectivity index is 1.53. The normalized spacial score (nSPS) is 25.5. The van der Waals surface area contributed by atoms with Crippen molar-refractivity contribution < 1.29 is 43.0 Å². The number of benzene rings is 2. The Morgan fingerprint density at radius 3 is 2.31 bits per heavy atom. The molecule has 0 aliphatic heterocycles. The van der Waals surface area contributed by atoms with E-state index in [9.17, 15) is 10.2 Å². The maximum absolute atomic E-state index is 15.6. The molecule has 1 aromatic heterocycles. The van der Waals surface area contributed by atoms with Crippen molar-refractivity contribution in [2.75, 3.05) is 20.3 Å². The number of methoxy groups -OCH3 is 1. The van der Waals surface area contributed by atoms with Crippen LogP contribution in [0, 0.1) is 11.3 Å². The van der Waals surface area contributed by atoms with Gasteiger partial charge in [0, 0.05) is 34.4 Å². The molecule has 11 heteroatoms. The predicted molar refractivity (Wildman–Crippen MR) is 213 cm³/mol. The van der Waals surface area contributed by atoms with Gasteiger partial charge in [0.1, 0.15) is 29.1 Å². The second-order valence-corrected chi connectivity index (χ2v) is 23.2. The lowest BCUT2D eigenvalue weighted by atomic mass is 9.54. The summed E-state index contributed by atoms with van der Waals surface area (Å²) in [5.74, 6) is -1.33. The molecular formula is C44H59NO9Si. The molecular weight excluding hydrogens is 715 g/mol. The van der Waals surface area contributed by atoms with Gasteiger partial charge in [-0.1, -0.05) is 73.0 Å². The van der Waals surface area contributed by atoms with Crippen molar-refractivity contribution in [3.05, 3.63) is 51.3 Å². The lowest BCUT2D eigenvalue weighted by molar-refractivity contribution is -0.0833. The topological polar surface area (TPSA) is 138 Å². The molecule has 7 rings (SSSR count). The maximum Gasteiger partial charge on any atom is 0.260 e. The SMILES string of the molecule is CCCCOc1noc2c1[C@@H](O[Si](C)(C)C(C)(C)C)[C@@]1(O)C(=O)c3c(c4c5c(c(OC)cc(OCCCC)c5c3O)[C@]3(C4)C(C)=CCCC3(C)C)C(=O)[C@H]1C2. The van der Waals surface area contributed by atoms with Crippen LogP contribution in [0.5, 0.6) is 23.1 Å². The molecule has 4 aliphatic rings. The number of aromatic nitrogens is 1. The highest BCUT2D eigenvalue weighted by molar-refractivity contribution is 6.74. The van der Waals surface area contributed by atoms with Crippen LogP contribution in [-0.2, 0) is 22.7 Å². The van der Waals surface area contributed by atoms with Crippen LogP contribution in [0.2, 0.25) is 18.1 Å². The van der Waals surface area contributed by atoms with Gasteiger partial charge in [-0.3, -0.25) is 9.59 Å². The molecule has 3 aromatic rings. The summed E-state index contributed by atoms with van der Waals surface area (Å²) < 4.78 is 31.6. The molecule has 10 nitrogen and oxygen atoms in total. The minimum absolute atomic E-state index is 0.0818. The quantitative estimate of drug-likeness (QED) is 0.110. The molecule has 0 unspecified atom stereocenters. The Hall–Kier alpha value is -3.67. The average molecular weight is 774 g/mol. The first-order valence-electron chi connectivity index (χ1n) is 20.2. The molecule has 0 fully saturated rings. The van der Waals surface area contributed by atoms with Gasteiger partial charge in [-0.05, 0) is 73.3 Å². The zero-order valence-electron chi connectivity index (χ0n) is 34.6. The number of allylic oxidation sites excluding steroid dienone is 2. The molecule has 2 aromatic carbocycles. The standard InChI is InChI=1S/C44H59NO9Si/c1-12-14-19-51-27-22-29(50-9)35-30-25(23-43(35)24(3)17-16-18-42(43,7)8)31-34(37(47)32(27)30)38(48)44(49)26(36(31)46)21-28-33(40(45-53-28)52-20-15-13-2)39(44)54-55(10,11)41(4,5)6/h17,22,26,39,47,49H,12-16,18-21,23H2,1-11H3/t26-,39-,43+,44+/m1/s1. The third-order valence-corrected chi connectivity index (χ3v) is 18.4. The van der Waals surface area contributed by atoms with E-state index in [1.54, 1.807) is 7.11 Å². The number of fused-ring (bicyclic) bond motifs is 5. The fourth-order valence-corrected chi connectivity index (χ4v) is 10.9. The zero-order chi connectivity index (χ0) is 40.0. The van der Waals surface area contributed by atoms with Crippen LogP contribution in [-0.4, -0.2) is 61.2 Å².